The third-order valence-electron chi connectivity index (χ3n) is 2.66. The van der Waals surface area contributed by atoms with E-state index in [0.717, 1.165) is 17.0 Å². The summed E-state index contributed by atoms with van der Waals surface area (Å²) in [5.74, 6) is 1.47. The molecule has 0 fully saturated rings. The fourth-order valence-corrected chi connectivity index (χ4v) is 1.53. The highest BCUT2D eigenvalue weighted by molar-refractivity contribution is 5.63. The first-order valence-corrected chi connectivity index (χ1v) is 4.91. The standard InChI is InChI=1S/C12H15NO/c1-8-7-12(14-9(8)2)10-3-5-11(13)6-4-10/h3-9H,13H2,1-2H3. The first-order valence-electron chi connectivity index (χ1n) is 4.91. The molecule has 0 aromatic heterocycles. The van der Waals surface area contributed by atoms with Crippen LogP contribution in [0.1, 0.15) is 19.4 Å². The van der Waals surface area contributed by atoms with Gasteiger partial charge in [0.15, 0.2) is 0 Å². The van der Waals surface area contributed by atoms with E-state index in [1.807, 2.05) is 24.3 Å². The first kappa shape index (κ1) is 9.13. The molecule has 0 bridgehead atoms. The summed E-state index contributed by atoms with van der Waals surface area (Å²) in [6, 6.07) is 7.78. The molecule has 0 aliphatic carbocycles. The Kier molecular flexibility index (Phi) is 2.20. The lowest BCUT2D eigenvalue weighted by Crippen LogP contribution is -2.07. The van der Waals surface area contributed by atoms with Gasteiger partial charge in [-0.05, 0) is 37.3 Å². The number of benzene rings is 1. The van der Waals surface area contributed by atoms with Gasteiger partial charge in [0.05, 0.1) is 0 Å². The van der Waals surface area contributed by atoms with Gasteiger partial charge < -0.3 is 10.5 Å². The topological polar surface area (TPSA) is 35.2 Å². The summed E-state index contributed by atoms with van der Waals surface area (Å²) in [6.45, 7) is 4.25. The van der Waals surface area contributed by atoms with Gasteiger partial charge in [-0.1, -0.05) is 6.92 Å². The molecule has 14 heavy (non-hydrogen) atoms. The fourth-order valence-electron chi connectivity index (χ4n) is 1.53. The van der Waals surface area contributed by atoms with Crippen LogP contribution in [-0.4, -0.2) is 6.10 Å². The smallest absolute Gasteiger partial charge is 0.123 e. The minimum absolute atomic E-state index is 0.280. The van der Waals surface area contributed by atoms with Crippen LogP contribution >= 0.6 is 0 Å². The third kappa shape index (κ3) is 1.60. The molecule has 1 aromatic carbocycles. The molecule has 2 atom stereocenters. The lowest BCUT2D eigenvalue weighted by molar-refractivity contribution is 0.177. The molecule has 1 aromatic rings. The van der Waals surface area contributed by atoms with E-state index in [1.54, 1.807) is 0 Å². The quantitative estimate of drug-likeness (QED) is 0.689. The Balaban J connectivity index is 2.25. The zero-order chi connectivity index (χ0) is 10.1. The monoisotopic (exact) mass is 189 g/mol. The summed E-state index contributed by atoms with van der Waals surface area (Å²) >= 11 is 0. The lowest BCUT2D eigenvalue weighted by atomic mass is 10.1. The lowest BCUT2D eigenvalue weighted by Gasteiger charge is -2.10. The fraction of sp³-hybridized carbons (Fsp3) is 0.333. The molecule has 0 amide bonds. The maximum absolute atomic E-state index is 5.72. The van der Waals surface area contributed by atoms with Gasteiger partial charge in [-0.25, -0.2) is 0 Å². The molecule has 74 valence electrons. The van der Waals surface area contributed by atoms with Crippen LogP contribution in [0.5, 0.6) is 0 Å². The van der Waals surface area contributed by atoms with Crippen LogP contribution in [0.2, 0.25) is 0 Å². The van der Waals surface area contributed by atoms with Crippen molar-refractivity contribution in [3.05, 3.63) is 35.9 Å². The van der Waals surface area contributed by atoms with Crippen LogP contribution in [0.25, 0.3) is 5.76 Å². The molecule has 2 N–H and O–H groups in total. The van der Waals surface area contributed by atoms with Crippen LogP contribution in [-0.2, 0) is 4.74 Å². The van der Waals surface area contributed by atoms with Crippen LogP contribution in [0.3, 0.4) is 0 Å². The summed E-state index contributed by atoms with van der Waals surface area (Å²) in [5, 5.41) is 0. The molecule has 1 aliphatic rings. The van der Waals surface area contributed by atoms with E-state index in [4.69, 9.17) is 10.5 Å². The molecule has 2 rings (SSSR count). The maximum atomic E-state index is 5.72. The van der Waals surface area contributed by atoms with Gasteiger partial charge in [0, 0.05) is 17.2 Å². The summed E-state index contributed by atoms with van der Waals surface area (Å²) in [6.07, 6.45) is 2.44. The Morgan fingerprint density at radius 1 is 1.14 bits per heavy atom. The summed E-state index contributed by atoms with van der Waals surface area (Å²) in [7, 11) is 0. The predicted octanol–water partition coefficient (Wildman–Crippen LogP) is 2.66. The van der Waals surface area contributed by atoms with E-state index in [9.17, 15) is 0 Å². The van der Waals surface area contributed by atoms with E-state index >= 15 is 0 Å². The zero-order valence-electron chi connectivity index (χ0n) is 8.53. The number of hydrogen-bond acceptors (Lipinski definition) is 2. The normalized spacial score (nSPS) is 25.7. The van der Waals surface area contributed by atoms with Crippen molar-refractivity contribution in [2.45, 2.75) is 20.0 Å². The van der Waals surface area contributed by atoms with Crippen molar-refractivity contribution >= 4 is 11.4 Å². The third-order valence-corrected chi connectivity index (χ3v) is 2.66. The average molecular weight is 189 g/mol. The molecule has 0 radical (unpaired) electrons. The van der Waals surface area contributed by atoms with Gasteiger partial charge in [-0.15, -0.1) is 0 Å². The highest BCUT2D eigenvalue weighted by atomic mass is 16.5. The van der Waals surface area contributed by atoms with Crippen LogP contribution in [0.4, 0.5) is 5.69 Å². The van der Waals surface area contributed by atoms with Crippen molar-refractivity contribution in [1.29, 1.82) is 0 Å². The Hall–Kier alpha value is -1.44. The van der Waals surface area contributed by atoms with E-state index < -0.39 is 0 Å². The molecular formula is C12H15NO. The van der Waals surface area contributed by atoms with E-state index in [2.05, 4.69) is 19.9 Å². The Bertz CT molecular complexity index is 353. The minimum atomic E-state index is 0.280. The van der Waals surface area contributed by atoms with Gasteiger partial charge in [0.2, 0.25) is 0 Å². The highest BCUT2D eigenvalue weighted by Crippen LogP contribution is 2.29. The van der Waals surface area contributed by atoms with Gasteiger partial charge in [0.25, 0.3) is 0 Å². The molecule has 0 saturated heterocycles. The summed E-state index contributed by atoms with van der Waals surface area (Å²) < 4.78 is 5.72. The Morgan fingerprint density at radius 2 is 1.79 bits per heavy atom. The van der Waals surface area contributed by atoms with Gasteiger partial charge in [-0.3, -0.25) is 0 Å². The number of rotatable bonds is 1. The predicted molar refractivity (Wildman–Crippen MR) is 58.5 cm³/mol. The minimum Gasteiger partial charge on any atom is -0.490 e. The molecule has 1 aliphatic heterocycles. The van der Waals surface area contributed by atoms with Crippen molar-refractivity contribution in [3.63, 3.8) is 0 Å². The molecule has 0 saturated carbocycles. The van der Waals surface area contributed by atoms with Gasteiger partial charge in [-0.2, -0.15) is 0 Å². The summed E-state index contributed by atoms with van der Waals surface area (Å²) in [5.41, 5.74) is 7.51. The SMILES string of the molecule is CC1C=C(c2ccc(N)cc2)OC1C. The van der Waals surface area contributed by atoms with Crippen molar-refractivity contribution in [2.75, 3.05) is 5.73 Å². The molecular weight excluding hydrogens is 174 g/mol. The van der Waals surface area contributed by atoms with Crippen LogP contribution < -0.4 is 5.73 Å². The van der Waals surface area contributed by atoms with E-state index in [0.29, 0.717) is 5.92 Å². The second kappa shape index (κ2) is 3.37. The summed E-state index contributed by atoms with van der Waals surface area (Å²) in [4.78, 5) is 0. The van der Waals surface area contributed by atoms with Crippen molar-refractivity contribution in [1.82, 2.24) is 0 Å². The second-order valence-corrected chi connectivity index (χ2v) is 3.84. The largest absolute Gasteiger partial charge is 0.490 e. The van der Waals surface area contributed by atoms with Crippen molar-refractivity contribution in [2.24, 2.45) is 5.92 Å². The second-order valence-electron chi connectivity index (χ2n) is 3.84. The Morgan fingerprint density at radius 3 is 2.29 bits per heavy atom. The van der Waals surface area contributed by atoms with E-state index in [1.165, 1.54) is 0 Å². The van der Waals surface area contributed by atoms with Crippen LogP contribution in [0, 0.1) is 5.92 Å². The maximum Gasteiger partial charge on any atom is 0.123 e. The highest BCUT2D eigenvalue weighted by Gasteiger charge is 2.21. The van der Waals surface area contributed by atoms with E-state index in [-0.39, 0.29) is 6.10 Å². The molecule has 1 heterocycles. The molecule has 2 heteroatoms. The van der Waals surface area contributed by atoms with Gasteiger partial charge in [0.1, 0.15) is 11.9 Å². The average Bonchev–Trinajstić information content (AvgIpc) is 2.48. The number of nitrogens with two attached hydrogens (primary N) is 1. The number of hydrogen-bond donors (Lipinski definition) is 1. The molecule has 0 spiro atoms. The molecule has 2 nitrogen and oxygen atoms in total. The molecule has 2 unspecified atom stereocenters. The van der Waals surface area contributed by atoms with Crippen molar-refractivity contribution < 1.29 is 4.74 Å². The zero-order valence-corrected chi connectivity index (χ0v) is 8.53. The number of ether oxygens (including phenoxy) is 1. The number of nitrogen functional groups attached to an aromatic ring is 1. The van der Waals surface area contributed by atoms with Crippen LogP contribution in [0.15, 0.2) is 30.3 Å². The Labute approximate surface area is 84.4 Å². The number of anilines is 1. The first-order chi connectivity index (χ1) is 6.66. The van der Waals surface area contributed by atoms with Crippen molar-refractivity contribution in [3.8, 4) is 0 Å². The van der Waals surface area contributed by atoms with Gasteiger partial charge >= 0.3 is 0 Å².